The van der Waals surface area contributed by atoms with Crippen molar-refractivity contribution in [3.8, 4) is 0 Å². The van der Waals surface area contributed by atoms with Gasteiger partial charge < -0.3 is 20.9 Å². The number of hydrogen-bond donors (Lipinski definition) is 3. The number of aliphatic imine (C=N–C) groups is 1. The van der Waals surface area contributed by atoms with Crippen LogP contribution in [-0.4, -0.2) is 43.6 Å². The second-order valence-electron chi connectivity index (χ2n) is 7.54. The molecule has 29 heavy (non-hydrogen) atoms. The fourth-order valence-corrected chi connectivity index (χ4v) is 3.76. The van der Waals surface area contributed by atoms with Crippen LogP contribution in [0.2, 0.25) is 0 Å². The molecule has 1 fully saturated rings. The highest BCUT2D eigenvalue weighted by Gasteiger charge is 2.17. The van der Waals surface area contributed by atoms with E-state index in [2.05, 4.69) is 33.1 Å². The molecule has 1 aromatic rings. The zero-order valence-electron chi connectivity index (χ0n) is 17.4. The number of allylic oxidation sites excluding steroid dienone is 1. The number of hydrogen-bond acceptors (Lipinski definition) is 2. The number of benzene rings is 1. The van der Waals surface area contributed by atoms with Crippen molar-refractivity contribution in [3.63, 3.8) is 0 Å². The summed E-state index contributed by atoms with van der Waals surface area (Å²) < 4.78 is 0. The zero-order valence-corrected chi connectivity index (χ0v) is 19.7. The zero-order chi connectivity index (χ0) is 19.6. The summed E-state index contributed by atoms with van der Waals surface area (Å²) in [6.45, 7) is 3.27. The summed E-state index contributed by atoms with van der Waals surface area (Å²) in [5.74, 6) is 0.808. The minimum absolute atomic E-state index is 0. The van der Waals surface area contributed by atoms with E-state index < -0.39 is 0 Å². The maximum absolute atomic E-state index is 12.3. The van der Waals surface area contributed by atoms with Crippen molar-refractivity contribution in [2.45, 2.75) is 51.5 Å². The van der Waals surface area contributed by atoms with Crippen molar-refractivity contribution in [2.75, 3.05) is 32.0 Å². The molecule has 160 valence electrons. The molecule has 3 rings (SSSR count). The first kappa shape index (κ1) is 23.5. The molecule has 0 bridgehead atoms. The summed E-state index contributed by atoms with van der Waals surface area (Å²) in [5.41, 5.74) is 3.51. The van der Waals surface area contributed by atoms with Gasteiger partial charge in [0.15, 0.2) is 5.96 Å². The summed E-state index contributed by atoms with van der Waals surface area (Å²) >= 11 is 0. The van der Waals surface area contributed by atoms with Crippen LogP contribution >= 0.6 is 24.0 Å². The topological polar surface area (TPSA) is 68.8 Å². The largest absolute Gasteiger partial charge is 0.356 e. The number of carbonyl (C=O) groups excluding carboxylic acids is 1. The lowest BCUT2D eigenvalue weighted by Gasteiger charge is -2.17. The van der Waals surface area contributed by atoms with Crippen molar-refractivity contribution >= 4 is 41.7 Å². The van der Waals surface area contributed by atoms with E-state index in [4.69, 9.17) is 0 Å². The lowest BCUT2D eigenvalue weighted by Crippen LogP contribution is -2.37. The Labute approximate surface area is 191 Å². The normalized spacial score (nSPS) is 16.7. The third-order valence-electron chi connectivity index (χ3n) is 5.38. The third-order valence-corrected chi connectivity index (χ3v) is 5.38. The van der Waals surface area contributed by atoms with Crippen LogP contribution in [0.25, 0.3) is 0 Å². The predicted molar refractivity (Wildman–Crippen MR) is 131 cm³/mol. The highest BCUT2D eigenvalue weighted by Crippen LogP contribution is 2.19. The Hall–Kier alpha value is -1.77. The Morgan fingerprint density at radius 1 is 1.14 bits per heavy atom. The number of nitrogens with one attached hydrogen (secondary N) is 3. The molecule has 0 aromatic heterocycles. The molecule has 1 aliphatic carbocycles. The third kappa shape index (κ3) is 7.87. The lowest BCUT2D eigenvalue weighted by atomic mass is 9.97. The lowest BCUT2D eigenvalue weighted by molar-refractivity contribution is 0.222. The monoisotopic (exact) mass is 511 g/mol. The van der Waals surface area contributed by atoms with Gasteiger partial charge in [0, 0.05) is 38.9 Å². The highest BCUT2D eigenvalue weighted by molar-refractivity contribution is 14.0. The Balaban J connectivity index is 0.00000300. The SMILES string of the molecule is CN=C(NCCC1=CCCCC1)NCc1cccc(NC(=O)N2CCCC2)c1.I. The van der Waals surface area contributed by atoms with Gasteiger partial charge >= 0.3 is 6.03 Å². The number of urea groups is 1. The fraction of sp³-hybridized carbons (Fsp3) is 0.545. The van der Waals surface area contributed by atoms with E-state index in [-0.39, 0.29) is 30.0 Å². The van der Waals surface area contributed by atoms with E-state index in [1.807, 2.05) is 23.1 Å². The molecule has 0 spiro atoms. The van der Waals surface area contributed by atoms with Gasteiger partial charge in [-0.15, -0.1) is 24.0 Å². The van der Waals surface area contributed by atoms with Crippen LogP contribution in [-0.2, 0) is 6.54 Å². The number of guanidine groups is 1. The number of rotatable bonds is 6. The first-order valence-electron chi connectivity index (χ1n) is 10.5. The van der Waals surface area contributed by atoms with Crippen molar-refractivity contribution < 1.29 is 4.79 Å². The summed E-state index contributed by atoms with van der Waals surface area (Å²) in [6.07, 6.45) is 10.8. The molecule has 0 saturated carbocycles. The quantitative estimate of drug-likeness (QED) is 0.228. The average molecular weight is 511 g/mol. The van der Waals surface area contributed by atoms with Crippen molar-refractivity contribution in [1.29, 1.82) is 0 Å². The molecule has 2 aliphatic rings. The number of anilines is 1. The first-order chi connectivity index (χ1) is 13.7. The standard InChI is InChI=1S/C22H33N5O.HI/c1-23-21(24-13-12-18-8-3-2-4-9-18)25-17-19-10-7-11-20(16-19)26-22(28)27-14-5-6-15-27;/h7-8,10-11,16H,2-6,9,12-15,17H2,1H3,(H,26,28)(H2,23,24,25);1H. The average Bonchev–Trinajstić information content (AvgIpc) is 3.27. The van der Waals surface area contributed by atoms with E-state index in [1.54, 1.807) is 12.6 Å². The number of nitrogens with zero attached hydrogens (tertiary/aromatic N) is 2. The molecule has 3 N–H and O–H groups in total. The van der Waals surface area contributed by atoms with Gasteiger partial charge in [-0.3, -0.25) is 4.99 Å². The second-order valence-corrected chi connectivity index (χ2v) is 7.54. The summed E-state index contributed by atoms with van der Waals surface area (Å²) in [4.78, 5) is 18.4. The fourth-order valence-electron chi connectivity index (χ4n) is 3.76. The van der Waals surface area contributed by atoms with Gasteiger partial charge in [-0.1, -0.05) is 23.8 Å². The molecule has 1 heterocycles. The molecule has 0 radical (unpaired) electrons. The summed E-state index contributed by atoms with van der Waals surface area (Å²) in [7, 11) is 1.79. The molecule has 0 atom stereocenters. The van der Waals surface area contributed by atoms with E-state index in [0.717, 1.165) is 56.1 Å². The number of amides is 2. The van der Waals surface area contributed by atoms with Gasteiger partial charge in [0.1, 0.15) is 0 Å². The maximum Gasteiger partial charge on any atom is 0.321 e. The van der Waals surface area contributed by atoms with Gasteiger partial charge in [-0.2, -0.15) is 0 Å². The van der Waals surface area contributed by atoms with Gasteiger partial charge in [-0.05, 0) is 62.6 Å². The molecular formula is C22H34IN5O. The Morgan fingerprint density at radius 3 is 2.69 bits per heavy atom. The molecule has 1 saturated heterocycles. The maximum atomic E-state index is 12.3. The van der Waals surface area contributed by atoms with E-state index in [0.29, 0.717) is 6.54 Å². The van der Waals surface area contributed by atoms with Gasteiger partial charge in [0.2, 0.25) is 0 Å². The molecule has 6 nitrogen and oxygen atoms in total. The first-order valence-corrected chi connectivity index (χ1v) is 10.5. The van der Waals surface area contributed by atoms with E-state index in [9.17, 15) is 4.79 Å². The van der Waals surface area contributed by atoms with Gasteiger partial charge in [0.25, 0.3) is 0 Å². The van der Waals surface area contributed by atoms with Crippen LogP contribution in [0.4, 0.5) is 10.5 Å². The minimum atomic E-state index is -0.00268. The second kappa shape index (κ2) is 12.7. The Morgan fingerprint density at radius 2 is 1.97 bits per heavy atom. The van der Waals surface area contributed by atoms with Gasteiger partial charge in [0.05, 0.1) is 0 Å². The van der Waals surface area contributed by atoms with Crippen LogP contribution in [0.15, 0.2) is 40.9 Å². The summed E-state index contributed by atoms with van der Waals surface area (Å²) in [6, 6.07) is 7.97. The number of halogens is 1. The molecule has 0 unspecified atom stereocenters. The molecular weight excluding hydrogens is 477 g/mol. The van der Waals surface area contributed by atoms with E-state index in [1.165, 1.54) is 25.7 Å². The number of carbonyl (C=O) groups is 1. The molecule has 1 aliphatic heterocycles. The molecule has 7 heteroatoms. The predicted octanol–water partition coefficient (Wildman–Crippen LogP) is 4.49. The highest BCUT2D eigenvalue weighted by atomic mass is 127. The van der Waals surface area contributed by atoms with Crippen LogP contribution in [0.1, 0.15) is 50.5 Å². The van der Waals surface area contributed by atoms with E-state index >= 15 is 0 Å². The van der Waals surface area contributed by atoms with Crippen LogP contribution in [0.5, 0.6) is 0 Å². The van der Waals surface area contributed by atoms with Crippen molar-refractivity contribution in [2.24, 2.45) is 4.99 Å². The summed E-state index contributed by atoms with van der Waals surface area (Å²) in [5, 5.41) is 9.75. The minimum Gasteiger partial charge on any atom is -0.356 e. The Kier molecular flexibility index (Phi) is 10.3. The van der Waals surface area contributed by atoms with Gasteiger partial charge in [-0.25, -0.2) is 4.79 Å². The van der Waals surface area contributed by atoms with Crippen LogP contribution in [0.3, 0.4) is 0 Å². The van der Waals surface area contributed by atoms with Crippen molar-refractivity contribution in [3.05, 3.63) is 41.5 Å². The Bertz CT molecular complexity index is 713. The smallest absolute Gasteiger partial charge is 0.321 e. The van der Waals surface area contributed by atoms with Crippen LogP contribution < -0.4 is 16.0 Å². The molecule has 2 amide bonds. The van der Waals surface area contributed by atoms with Crippen LogP contribution in [0, 0.1) is 0 Å². The molecule has 1 aromatic carbocycles. The number of likely N-dealkylation sites (tertiary alicyclic amines) is 1. The van der Waals surface area contributed by atoms with Crippen molar-refractivity contribution in [1.82, 2.24) is 15.5 Å².